The minimum absolute atomic E-state index is 0.0963. The first-order valence-corrected chi connectivity index (χ1v) is 9.47. The van der Waals surface area contributed by atoms with E-state index in [1.54, 1.807) is 33.1 Å². The van der Waals surface area contributed by atoms with E-state index < -0.39 is 0 Å². The molecule has 6 heteroatoms. The Kier molecular flexibility index (Phi) is 5.93. The molecule has 0 spiro atoms. The van der Waals surface area contributed by atoms with Gasteiger partial charge in [0.2, 0.25) is 5.91 Å². The topological polar surface area (TPSA) is 48.0 Å². The van der Waals surface area contributed by atoms with Crippen LogP contribution in [-0.2, 0) is 11.2 Å². The molecular weight excluding hydrogens is 350 g/mol. The molecule has 0 radical (unpaired) electrons. The number of hydrogen-bond acceptors (Lipinski definition) is 5. The summed E-state index contributed by atoms with van der Waals surface area (Å²) >= 11 is 1.73. The van der Waals surface area contributed by atoms with E-state index in [4.69, 9.17) is 14.2 Å². The highest BCUT2D eigenvalue weighted by Gasteiger charge is 2.33. The van der Waals surface area contributed by atoms with Crippen molar-refractivity contribution in [3.8, 4) is 17.2 Å². The van der Waals surface area contributed by atoms with Gasteiger partial charge in [-0.3, -0.25) is 4.79 Å². The Labute approximate surface area is 158 Å². The van der Waals surface area contributed by atoms with Crippen LogP contribution in [0.2, 0.25) is 0 Å². The van der Waals surface area contributed by atoms with E-state index in [1.807, 2.05) is 47.4 Å². The normalized spacial score (nSPS) is 16.4. The van der Waals surface area contributed by atoms with Crippen molar-refractivity contribution in [2.24, 2.45) is 0 Å². The summed E-state index contributed by atoms with van der Waals surface area (Å²) in [5, 5.41) is -0.0963. The highest BCUT2D eigenvalue weighted by molar-refractivity contribution is 7.99. The van der Waals surface area contributed by atoms with Gasteiger partial charge in [0.15, 0.2) is 11.5 Å². The molecule has 0 bridgehead atoms. The van der Waals surface area contributed by atoms with Crippen molar-refractivity contribution in [2.75, 3.05) is 33.6 Å². The summed E-state index contributed by atoms with van der Waals surface area (Å²) in [5.41, 5.74) is 1.95. The standard InChI is InChI=1S/C20H23NO4S/c1-23-16-13-18(25-3)17(24-2)12-15(16)20-21(9-10-26-20)19(22)11-14-7-5-4-6-8-14/h4-8,12-13,20H,9-11H2,1-3H3. The molecule has 26 heavy (non-hydrogen) atoms. The van der Waals surface area contributed by atoms with Crippen molar-refractivity contribution in [3.63, 3.8) is 0 Å². The molecule has 1 saturated heterocycles. The summed E-state index contributed by atoms with van der Waals surface area (Å²) in [7, 11) is 4.83. The number of amides is 1. The molecular formula is C20H23NO4S. The zero-order valence-corrected chi connectivity index (χ0v) is 16.0. The van der Waals surface area contributed by atoms with Crippen LogP contribution in [0.15, 0.2) is 42.5 Å². The Balaban J connectivity index is 1.89. The number of methoxy groups -OCH3 is 3. The Hall–Kier alpha value is -2.34. The molecule has 1 unspecified atom stereocenters. The Morgan fingerprint density at radius 2 is 1.69 bits per heavy atom. The Morgan fingerprint density at radius 3 is 2.35 bits per heavy atom. The summed E-state index contributed by atoms with van der Waals surface area (Å²) in [6.45, 7) is 0.721. The van der Waals surface area contributed by atoms with Gasteiger partial charge in [0.1, 0.15) is 11.1 Å². The fourth-order valence-electron chi connectivity index (χ4n) is 3.10. The Bertz CT molecular complexity index is 766. The minimum Gasteiger partial charge on any atom is -0.496 e. The second kappa shape index (κ2) is 8.36. The lowest BCUT2D eigenvalue weighted by molar-refractivity contribution is -0.130. The van der Waals surface area contributed by atoms with Gasteiger partial charge in [-0.25, -0.2) is 0 Å². The molecule has 0 aliphatic carbocycles. The average molecular weight is 373 g/mol. The monoisotopic (exact) mass is 373 g/mol. The first-order chi connectivity index (χ1) is 12.7. The smallest absolute Gasteiger partial charge is 0.228 e. The lowest BCUT2D eigenvalue weighted by Crippen LogP contribution is -2.31. The molecule has 2 aromatic rings. The third kappa shape index (κ3) is 3.75. The summed E-state index contributed by atoms with van der Waals surface area (Å²) in [5.74, 6) is 2.94. The number of carbonyl (C=O) groups excluding carboxylic acids is 1. The highest BCUT2D eigenvalue weighted by Crippen LogP contribution is 2.46. The van der Waals surface area contributed by atoms with E-state index in [2.05, 4.69) is 0 Å². The third-order valence-corrected chi connectivity index (χ3v) is 5.65. The third-order valence-electron chi connectivity index (χ3n) is 4.41. The molecule has 1 atom stereocenters. The predicted octanol–water partition coefficient (Wildman–Crippen LogP) is 3.53. The maximum Gasteiger partial charge on any atom is 0.228 e. The van der Waals surface area contributed by atoms with Gasteiger partial charge < -0.3 is 19.1 Å². The Morgan fingerprint density at radius 1 is 1.04 bits per heavy atom. The maximum atomic E-state index is 12.9. The quantitative estimate of drug-likeness (QED) is 0.775. The van der Waals surface area contributed by atoms with Crippen LogP contribution in [-0.4, -0.2) is 44.4 Å². The fourth-order valence-corrected chi connectivity index (χ4v) is 4.39. The van der Waals surface area contributed by atoms with Crippen molar-refractivity contribution < 1.29 is 19.0 Å². The second-order valence-electron chi connectivity index (χ2n) is 5.92. The van der Waals surface area contributed by atoms with E-state index in [-0.39, 0.29) is 11.3 Å². The lowest BCUT2D eigenvalue weighted by atomic mass is 10.1. The van der Waals surface area contributed by atoms with Crippen molar-refractivity contribution in [2.45, 2.75) is 11.8 Å². The van der Waals surface area contributed by atoms with Gasteiger partial charge >= 0.3 is 0 Å². The molecule has 1 aliphatic heterocycles. The number of benzene rings is 2. The predicted molar refractivity (Wildman–Crippen MR) is 103 cm³/mol. The van der Waals surface area contributed by atoms with Gasteiger partial charge in [0, 0.05) is 23.9 Å². The zero-order valence-electron chi connectivity index (χ0n) is 15.2. The van der Waals surface area contributed by atoms with Crippen molar-refractivity contribution >= 4 is 17.7 Å². The number of thioether (sulfide) groups is 1. The molecule has 2 aromatic carbocycles. The van der Waals surface area contributed by atoms with Crippen LogP contribution in [0.5, 0.6) is 17.2 Å². The van der Waals surface area contributed by atoms with E-state index >= 15 is 0 Å². The van der Waals surface area contributed by atoms with E-state index in [0.29, 0.717) is 23.7 Å². The van der Waals surface area contributed by atoms with Crippen LogP contribution in [0, 0.1) is 0 Å². The fraction of sp³-hybridized carbons (Fsp3) is 0.350. The largest absolute Gasteiger partial charge is 0.496 e. The summed E-state index contributed by atoms with van der Waals surface area (Å²) in [4.78, 5) is 14.8. The molecule has 1 aliphatic rings. The number of nitrogens with zero attached hydrogens (tertiary/aromatic N) is 1. The van der Waals surface area contributed by atoms with Gasteiger partial charge in [-0.05, 0) is 11.6 Å². The van der Waals surface area contributed by atoms with Crippen LogP contribution in [0.25, 0.3) is 0 Å². The molecule has 1 amide bonds. The number of rotatable bonds is 6. The molecule has 0 N–H and O–H groups in total. The maximum absolute atomic E-state index is 12.9. The van der Waals surface area contributed by atoms with Crippen LogP contribution >= 0.6 is 11.8 Å². The van der Waals surface area contributed by atoms with Gasteiger partial charge in [-0.2, -0.15) is 0 Å². The number of hydrogen-bond donors (Lipinski definition) is 0. The van der Waals surface area contributed by atoms with Gasteiger partial charge in [-0.1, -0.05) is 30.3 Å². The summed E-state index contributed by atoms with van der Waals surface area (Å²) in [6.07, 6.45) is 0.396. The summed E-state index contributed by atoms with van der Waals surface area (Å²) in [6, 6.07) is 13.5. The zero-order chi connectivity index (χ0) is 18.5. The molecule has 3 rings (SSSR count). The van der Waals surface area contributed by atoms with E-state index in [1.165, 1.54) is 0 Å². The van der Waals surface area contributed by atoms with Crippen LogP contribution in [0.3, 0.4) is 0 Å². The van der Waals surface area contributed by atoms with Crippen LogP contribution < -0.4 is 14.2 Å². The first-order valence-electron chi connectivity index (χ1n) is 8.42. The molecule has 1 fully saturated rings. The van der Waals surface area contributed by atoms with Gasteiger partial charge in [-0.15, -0.1) is 11.8 Å². The molecule has 0 aromatic heterocycles. The second-order valence-corrected chi connectivity index (χ2v) is 7.11. The lowest BCUT2D eigenvalue weighted by Gasteiger charge is -2.26. The summed E-state index contributed by atoms with van der Waals surface area (Å²) < 4.78 is 16.4. The average Bonchev–Trinajstić information content (AvgIpc) is 3.17. The van der Waals surface area contributed by atoms with Crippen molar-refractivity contribution in [3.05, 3.63) is 53.6 Å². The number of ether oxygens (including phenoxy) is 3. The minimum atomic E-state index is -0.0963. The molecule has 5 nitrogen and oxygen atoms in total. The molecule has 0 saturated carbocycles. The molecule has 1 heterocycles. The van der Waals surface area contributed by atoms with Crippen LogP contribution in [0.1, 0.15) is 16.5 Å². The van der Waals surface area contributed by atoms with Gasteiger partial charge in [0.05, 0.1) is 27.8 Å². The van der Waals surface area contributed by atoms with E-state index in [0.717, 1.165) is 23.4 Å². The highest BCUT2D eigenvalue weighted by atomic mass is 32.2. The van der Waals surface area contributed by atoms with Crippen molar-refractivity contribution in [1.29, 1.82) is 0 Å². The first kappa shape index (κ1) is 18.5. The SMILES string of the molecule is COc1cc(OC)c(C2SCCN2C(=O)Cc2ccccc2)cc1OC. The number of carbonyl (C=O) groups is 1. The van der Waals surface area contributed by atoms with E-state index in [9.17, 15) is 4.79 Å². The van der Waals surface area contributed by atoms with Crippen molar-refractivity contribution in [1.82, 2.24) is 4.90 Å². The van der Waals surface area contributed by atoms with Crippen LogP contribution in [0.4, 0.5) is 0 Å². The molecule has 138 valence electrons. The van der Waals surface area contributed by atoms with Gasteiger partial charge in [0.25, 0.3) is 0 Å².